The molecule has 0 spiro atoms. The summed E-state index contributed by atoms with van der Waals surface area (Å²) < 4.78 is 21.2. The molecule has 0 amide bonds. The van der Waals surface area contributed by atoms with Gasteiger partial charge in [0.05, 0.1) is 45.7 Å². The summed E-state index contributed by atoms with van der Waals surface area (Å²) in [7, 11) is 3.62. The molecule has 110 valence electrons. The van der Waals surface area contributed by atoms with Gasteiger partial charge in [0, 0.05) is 13.2 Å². The Balaban J connectivity index is 3.24. The van der Waals surface area contributed by atoms with Gasteiger partial charge in [0.25, 0.3) is 0 Å². The van der Waals surface area contributed by atoms with Crippen LogP contribution in [0.5, 0.6) is 0 Å². The van der Waals surface area contributed by atoms with Gasteiger partial charge >= 0.3 is 0 Å². The molecule has 0 aromatic heterocycles. The third-order valence-corrected chi connectivity index (χ3v) is 2.79. The SMILES string of the molecule is CCC(NC)C(C)OCCOCCOCCOC. The van der Waals surface area contributed by atoms with Crippen molar-refractivity contribution in [1.82, 2.24) is 5.32 Å². The number of nitrogens with one attached hydrogen (secondary N) is 1. The summed E-state index contributed by atoms with van der Waals surface area (Å²) in [6.45, 7) is 7.91. The van der Waals surface area contributed by atoms with E-state index >= 15 is 0 Å². The molecule has 0 heterocycles. The van der Waals surface area contributed by atoms with Gasteiger partial charge in [0.2, 0.25) is 0 Å². The van der Waals surface area contributed by atoms with Crippen molar-refractivity contribution in [3.8, 4) is 0 Å². The second-order valence-corrected chi connectivity index (χ2v) is 4.10. The quantitative estimate of drug-likeness (QED) is 0.504. The molecule has 1 N–H and O–H groups in total. The molecule has 0 fully saturated rings. The zero-order chi connectivity index (χ0) is 13.6. The first-order valence-corrected chi connectivity index (χ1v) is 6.69. The highest BCUT2D eigenvalue weighted by Crippen LogP contribution is 2.02. The minimum absolute atomic E-state index is 0.210. The molecule has 2 atom stereocenters. The van der Waals surface area contributed by atoms with Crippen LogP contribution in [0.15, 0.2) is 0 Å². The van der Waals surface area contributed by atoms with Crippen LogP contribution in [0.1, 0.15) is 20.3 Å². The maximum atomic E-state index is 5.68. The fraction of sp³-hybridized carbons (Fsp3) is 1.00. The molecule has 5 heteroatoms. The molecule has 0 aliphatic carbocycles. The van der Waals surface area contributed by atoms with Gasteiger partial charge in [-0.3, -0.25) is 0 Å². The van der Waals surface area contributed by atoms with E-state index in [1.165, 1.54) is 0 Å². The Morgan fingerprint density at radius 1 is 0.944 bits per heavy atom. The second-order valence-electron chi connectivity index (χ2n) is 4.10. The molecule has 0 rings (SSSR count). The van der Waals surface area contributed by atoms with Crippen LogP contribution in [-0.4, -0.2) is 65.9 Å². The molecule has 2 unspecified atom stereocenters. The van der Waals surface area contributed by atoms with Crippen LogP contribution in [0.25, 0.3) is 0 Å². The van der Waals surface area contributed by atoms with Crippen LogP contribution >= 0.6 is 0 Å². The van der Waals surface area contributed by atoms with Crippen LogP contribution in [0, 0.1) is 0 Å². The van der Waals surface area contributed by atoms with Gasteiger partial charge in [-0.15, -0.1) is 0 Å². The molecule has 0 aliphatic heterocycles. The Kier molecular flexibility index (Phi) is 13.1. The molecule has 0 saturated heterocycles. The van der Waals surface area contributed by atoms with Crippen molar-refractivity contribution in [1.29, 1.82) is 0 Å². The predicted octanol–water partition coefficient (Wildman–Crippen LogP) is 1.07. The smallest absolute Gasteiger partial charge is 0.0704 e. The van der Waals surface area contributed by atoms with E-state index in [-0.39, 0.29) is 6.10 Å². The molecular formula is C13H29NO4. The van der Waals surface area contributed by atoms with Gasteiger partial charge in [-0.1, -0.05) is 6.92 Å². The fourth-order valence-electron chi connectivity index (χ4n) is 1.64. The molecule has 18 heavy (non-hydrogen) atoms. The Morgan fingerprint density at radius 3 is 2.00 bits per heavy atom. The molecule has 5 nitrogen and oxygen atoms in total. The summed E-state index contributed by atoms with van der Waals surface area (Å²) in [5, 5.41) is 3.23. The third kappa shape index (κ3) is 9.79. The van der Waals surface area contributed by atoms with E-state index < -0.39 is 0 Å². The Labute approximate surface area is 111 Å². The maximum Gasteiger partial charge on any atom is 0.0704 e. The number of ether oxygens (including phenoxy) is 4. The second kappa shape index (κ2) is 13.2. The van der Waals surface area contributed by atoms with Gasteiger partial charge < -0.3 is 24.3 Å². The van der Waals surface area contributed by atoms with E-state index in [1.807, 2.05) is 7.05 Å². The van der Waals surface area contributed by atoms with Crippen LogP contribution < -0.4 is 5.32 Å². The van der Waals surface area contributed by atoms with E-state index in [9.17, 15) is 0 Å². The molecule has 0 aliphatic rings. The van der Waals surface area contributed by atoms with Crippen molar-refractivity contribution in [3.05, 3.63) is 0 Å². The molecule has 0 saturated carbocycles. The molecular weight excluding hydrogens is 234 g/mol. The predicted molar refractivity (Wildman–Crippen MR) is 72.1 cm³/mol. The highest BCUT2D eigenvalue weighted by Gasteiger charge is 2.12. The lowest BCUT2D eigenvalue weighted by molar-refractivity contribution is -0.0203. The normalized spacial score (nSPS) is 14.7. The van der Waals surface area contributed by atoms with Crippen molar-refractivity contribution in [2.24, 2.45) is 0 Å². The van der Waals surface area contributed by atoms with E-state index in [0.29, 0.717) is 45.7 Å². The molecule has 0 aromatic rings. The lowest BCUT2D eigenvalue weighted by Gasteiger charge is -2.22. The number of rotatable bonds is 13. The largest absolute Gasteiger partial charge is 0.382 e. The first kappa shape index (κ1) is 17.8. The van der Waals surface area contributed by atoms with Crippen molar-refractivity contribution in [2.45, 2.75) is 32.4 Å². The summed E-state index contributed by atoms with van der Waals surface area (Å²) in [6, 6.07) is 0.405. The number of likely N-dealkylation sites (N-methyl/N-ethyl adjacent to an activating group) is 1. The minimum atomic E-state index is 0.210. The maximum absolute atomic E-state index is 5.68. The topological polar surface area (TPSA) is 49.0 Å². The van der Waals surface area contributed by atoms with Crippen LogP contribution in [0.4, 0.5) is 0 Å². The van der Waals surface area contributed by atoms with Crippen LogP contribution in [-0.2, 0) is 18.9 Å². The summed E-state index contributed by atoms with van der Waals surface area (Å²) in [5.74, 6) is 0. The average molecular weight is 263 g/mol. The van der Waals surface area contributed by atoms with E-state index in [4.69, 9.17) is 18.9 Å². The van der Waals surface area contributed by atoms with Crippen LogP contribution in [0.2, 0.25) is 0 Å². The van der Waals surface area contributed by atoms with E-state index in [0.717, 1.165) is 6.42 Å². The van der Waals surface area contributed by atoms with Gasteiger partial charge in [-0.05, 0) is 20.4 Å². The monoisotopic (exact) mass is 263 g/mol. The molecule has 0 aromatic carbocycles. The van der Waals surface area contributed by atoms with Gasteiger partial charge in [-0.25, -0.2) is 0 Å². The third-order valence-electron chi connectivity index (χ3n) is 2.79. The number of hydrogen-bond donors (Lipinski definition) is 1. The number of methoxy groups -OCH3 is 1. The van der Waals surface area contributed by atoms with Crippen molar-refractivity contribution >= 4 is 0 Å². The minimum Gasteiger partial charge on any atom is -0.382 e. The van der Waals surface area contributed by atoms with Crippen LogP contribution in [0.3, 0.4) is 0 Å². The summed E-state index contributed by atoms with van der Waals surface area (Å²) in [5.41, 5.74) is 0. The fourth-order valence-corrected chi connectivity index (χ4v) is 1.64. The number of hydrogen-bond acceptors (Lipinski definition) is 5. The van der Waals surface area contributed by atoms with Gasteiger partial charge in [-0.2, -0.15) is 0 Å². The first-order valence-electron chi connectivity index (χ1n) is 6.69. The van der Waals surface area contributed by atoms with E-state index in [2.05, 4.69) is 19.2 Å². The van der Waals surface area contributed by atoms with Crippen molar-refractivity contribution in [2.75, 3.05) is 53.8 Å². The van der Waals surface area contributed by atoms with Crippen molar-refractivity contribution in [3.63, 3.8) is 0 Å². The highest BCUT2D eigenvalue weighted by atomic mass is 16.6. The Hall–Kier alpha value is -0.200. The summed E-state index contributed by atoms with van der Waals surface area (Å²) in [6.07, 6.45) is 1.27. The van der Waals surface area contributed by atoms with E-state index in [1.54, 1.807) is 7.11 Å². The highest BCUT2D eigenvalue weighted by molar-refractivity contribution is 4.69. The summed E-state index contributed by atoms with van der Waals surface area (Å²) >= 11 is 0. The summed E-state index contributed by atoms with van der Waals surface area (Å²) in [4.78, 5) is 0. The van der Waals surface area contributed by atoms with Crippen molar-refractivity contribution < 1.29 is 18.9 Å². The zero-order valence-corrected chi connectivity index (χ0v) is 12.2. The lowest BCUT2D eigenvalue weighted by atomic mass is 10.1. The zero-order valence-electron chi connectivity index (χ0n) is 12.2. The molecule has 0 radical (unpaired) electrons. The standard InChI is InChI=1S/C13H29NO4/c1-5-13(14-3)12(2)18-11-10-17-9-8-16-7-6-15-4/h12-14H,5-11H2,1-4H3. The Morgan fingerprint density at radius 2 is 1.50 bits per heavy atom. The Bertz CT molecular complexity index is 165. The van der Waals surface area contributed by atoms with Gasteiger partial charge in [0.1, 0.15) is 0 Å². The van der Waals surface area contributed by atoms with Gasteiger partial charge in [0.15, 0.2) is 0 Å². The molecule has 0 bridgehead atoms. The average Bonchev–Trinajstić information content (AvgIpc) is 2.38. The lowest BCUT2D eigenvalue weighted by Crippen LogP contribution is -2.37. The first-order chi connectivity index (χ1) is 8.76.